The molecule has 2 aromatic rings. The summed E-state index contributed by atoms with van der Waals surface area (Å²) < 4.78 is 0. The number of hydrogen-bond donors (Lipinski definition) is 1. The summed E-state index contributed by atoms with van der Waals surface area (Å²) in [7, 11) is 4.03. The quantitative estimate of drug-likeness (QED) is 0.861. The first-order valence-corrected chi connectivity index (χ1v) is 8.34. The van der Waals surface area contributed by atoms with Crippen LogP contribution < -0.4 is 10.6 Å². The van der Waals surface area contributed by atoms with Gasteiger partial charge >= 0.3 is 0 Å². The zero-order chi connectivity index (χ0) is 17.1. The fourth-order valence-corrected chi connectivity index (χ4v) is 3.18. The van der Waals surface area contributed by atoms with E-state index in [2.05, 4.69) is 34.1 Å². The minimum Gasteiger partial charge on any atom is -0.378 e. The van der Waals surface area contributed by atoms with Crippen molar-refractivity contribution in [3.8, 4) is 11.1 Å². The van der Waals surface area contributed by atoms with E-state index in [1.165, 1.54) is 0 Å². The average molecular weight is 397 g/mol. The molecule has 1 atom stereocenters. The summed E-state index contributed by atoms with van der Waals surface area (Å²) in [6, 6.07) is 10.3. The van der Waals surface area contributed by atoms with Crippen LogP contribution in [0.1, 0.15) is 23.2 Å². The van der Waals surface area contributed by atoms with Crippen molar-refractivity contribution in [2.45, 2.75) is 18.9 Å². The van der Waals surface area contributed by atoms with E-state index < -0.39 is 0 Å². The number of aromatic nitrogens is 1. The summed E-state index contributed by atoms with van der Waals surface area (Å²) in [4.78, 5) is 21.0. The highest BCUT2D eigenvalue weighted by Crippen LogP contribution is 2.24. The maximum Gasteiger partial charge on any atom is 0.255 e. The van der Waals surface area contributed by atoms with Gasteiger partial charge in [-0.2, -0.15) is 0 Å². The van der Waals surface area contributed by atoms with Crippen molar-refractivity contribution in [2.75, 3.05) is 32.1 Å². The second-order valence-corrected chi connectivity index (χ2v) is 6.43. The third-order valence-electron chi connectivity index (χ3n) is 4.61. The van der Waals surface area contributed by atoms with Gasteiger partial charge in [0.15, 0.2) is 0 Å². The topological polar surface area (TPSA) is 62.5 Å². The van der Waals surface area contributed by atoms with Crippen LogP contribution in [-0.2, 0) is 0 Å². The molecule has 7 heteroatoms. The number of carbonyl (C=O) groups excluding carboxylic acids is 1. The van der Waals surface area contributed by atoms with Crippen LogP contribution in [0.2, 0.25) is 0 Å². The summed E-state index contributed by atoms with van der Waals surface area (Å²) in [5.74, 6) is 0.0298. The highest BCUT2D eigenvalue weighted by molar-refractivity contribution is 5.95. The summed E-state index contributed by atoms with van der Waals surface area (Å²) in [6.45, 7) is 1.30. The van der Waals surface area contributed by atoms with Gasteiger partial charge in [0, 0.05) is 56.9 Å². The SMILES string of the molecule is CN(C)c1ccc(-c2cncc(C(=O)N3CCCC3CN)c2)cc1.Cl.Cl. The molecule has 142 valence electrons. The molecular weight excluding hydrogens is 371 g/mol. The van der Waals surface area contributed by atoms with Gasteiger partial charge < -0.3 is 15.5 Å². The van der Waals surface area contributed by atoms with E-state index >= 15 is 0 Å². The van der Waals surface area contributed by atoms with Crippen molar-refractivity contribution in [1.82, 2.24) is 9.88 Å². The monoisotopic (exact) mass is 396 g/mol. The van der Waals surface area contributed by atoms with Crippen LogP contribution in [0.3, 0.4) is 0 Å². The fourth-order valence-electron chi connectivity index (χ4n) is 3.18. The highest BCUT2D eigenvalue weighted by Gasteiger charge is 2.28. The van der Waals surface area contributed by atoms with Crippen molar-refractivity contribution in [3.05, 3.63) is 48.3 Å². The molecule has 5 nitrogen and oxygen atoms in total. The van der Waals surface area contributed by atoms with Crippen molar-refractivity contribution in [2.24, 2.45) is 5.73 Å². The van der Waals surface area contributed by atoms with Gasteiger partial charge in [0.2, 0.25) is 0 Å². The van der Waals surface area contributed by atoms with Crippen LogP contribution in [0.5, 0.6) is 0 Å². The number of hydrogen-bond acceptors (Lipinski definition) is 4. The third-order valence-corrected chi connectivity index (χ3v) is 4.61. The van der Waals surface area contributed by atoms with Gasteiger partial charge in [-0.05, 0) is 36.6 Å². The molecule has 0 saturated carbocycles. The van der Waals surface area contributed by atoms with Crippen LogP contribution in [-0.4, -0.2) is 49.0 Å². The first-order chi connectivity index (χ1) is 11.6. The van der Waals surface area contributed by atoms with E-state index in [-0.39, 0.29) is 36.8 Å². The Labute approximate surface area is 167 Å². The van der Waals surface area contributed by atoms with Gasteiger partial charge in [-0.3, -0.25) is 9.78 Å². The molecule has 0 bridgehead atoms. The molecule has 26 heavy (non-hydrogen) atoms. The lowest BCUT2D eigenvalue weighted by atomic mass is 10.0. The lowest BCUT2D eigenvalue weighted by molar-refractivity contribution is 0.0741. The standard InChI is InChI=1S/C19H24N4O.2ClH/c1-22(2)17-7-5-14(6-8-17)15-10-16(13-21-12-15)19(24)23-9-3-4-18(23)11-20;;/h5-8,10,12-13,18H,3-4,9,11,20H2,1-2H3;2*1H. The van der Waals surface area contributed by atoms with Gasteiger partial charge in [-0.25, -0.2) is 0 Å². The lowest BCUT2D eigenvalue weighted by Gasteiger charge is -2.23. The zero-order valence-corrected chi connectivity index (χ0v) is 16.7. The highest BCUT2D eigenvalue weighted by atomic mass is 35.5. The van der Waals surface area contributed by atoms with Crippen LogP contribution in [0.4, 0.5) is 5.69 Å². The van der Waals surface area contributed by atoms with Crippen molar-refractivity contribution >= 4 is 36.4 Å². The molecule has 1 aromatic carbocycles. The lowest BCUT2D eigenvalue weighted by Crippen LogP contribution is -2.39. The normalized spacial score (nSPS) is 15.8. The van der Waals surface area contributed by atoms with E-state index in [4.69, 9.17) is 5.73 Å². The Morgan fingerprint density at radius 1 is 1.19 bits per heavy atom. The largest absolute Gasteiger partial charge is 0.378 e. The summed E-state index contributed by atoms with van der Waals surface area (Å²) in [5, 5.41) is 0. The fraction of sp³-hybridized carbons (Fsp3) is 0.368. The molecule has 3 rings (SSSR count). The van der Waals surface area contributed by atoms with E-state index in [9.17, 15) is 4.79 Å². The minimum atomic E-state index is 0. The average Bonchev–Trinajstić information content (AvgIpc) is 3.10. The molecule has 1 unspecified atom stereocenters. The Kier molecular flexibility index (Phi) is 8.34. The Bertz CT molecular complexity index is 722. The van der Waals surface area contributed by atoms with Crippen LogP contribution in [0.25, 0.3) is 11.1 Å². The molecule has 1 aliphatic rings. The van der Waals surface area contributed by atoms with Gasteiger partial charge in [0.1, 0.15) is 0 Å². The maximum atomic E-state index is 12.8. The van der Waals surface area contributed by atoms with Gasteiger partial charge in [0.25, 0.3) is 5.91 Å². The molecule has 1 amide bonds. The molecule has 1 aliphatic heterocycles. The number of rotatable bonds is 4. The molecule has 2 N–H and O–H groups in total. The molecule has 0 aliphatic carbocycles. The predicted molar refractivity (Wildman–Crippen MR) is 112 cm³/mol. The summed E-state index contributed by atoms with van der Waals surface area (Å²) in [5.41, 5.74) is 9.56. The number of amides is 1. The Morgan fingerprint density at radius 2 is 1.88 bits per heavy atom. The minimum absolute atomic E-state index is 0. The number of likely N-dealkylation sites (tertiary alicyclic amines) is 1. The Balaban J connectivity index is 0.00000169. The van der Waals surface area contributed by atoms with E-state index in [1.807, 2.05) is 25.1 Å². The maximum absolute atomic E-state index is 12.8. The molecular formula is C19H26Cl2N4O. The van der Waals surface area contributed by atoms with Crippen molar-refractivity contribution in [1.29, 1.82) is 0 Å². The van der Waals surface area contributed by atoms with Crippen LogP contribution in [0, 0.1) is 0 Å². The second kappa shape index (κ2) is 9.76. The third kappa shape index (κ3) is 4.67. The smallest absolute Gasteiger partial charge is 0.255 e. The van der Waals surface area contributed by atoms with E-state index in [1.54, 1.807) is 12.4 Å². The summed E-state index contributed by atoms with van der Waals surface area (Å²) >= 11 is 0. The predicted octanol–water partition coefficient (Wildman–Crippen LogP) is 3.22. The van der Waals surface area contributed by atoms with Crippen LogP contribution in [0.15, 0.2) is 42.7 Å². The number of halogens is 2. The number of benzene rings is 1. The number of anilines is 1. The first-order valence-electron chi connectivity index (χ1n) is 8.34. The number of nitrogens with two attached hydrogens (primary N) is 1. The number of carbonyl (C=O) groups is 1. The Hall–Kier alpha value is -1.82. The second-order valence-electron chi connectivity index (χ2n) is 6.43. The first kappa shape index (κ1) is 22.2. The summed E-state index contributed by atoms with van der Waals surface area (Å²) in [6.07, 6.45) is 5.45. The molecule has 1 fully saturated rings. The van der Waals surface area contributed by atoms with Gasteiger partial charge in [-0.1, -0.05) is 12.1 Å². The number of nitrogens with zero attached hydrogens (tertiary/aromatic N) is 3. The number of pyridine rings is 1. The molecule has 0 radical (unpaired) electrons. The Morgan fingerprint density at radius 3 is 2.50 bits per heavy atom. The molecule has 0 spiro atoms. The van der Waals surface area contributed by atoms with Crippen LogP contribution >= 0.6 is 24.8 Å². The van der Waals surface area contributed by atoms with Gasteiger partial charge in [-0.15, -0.1) is 24.8 Å². The van der Waals surface area contributed by atoms with Crippen molar-refractivity contribution < 1.29 is 4.79 Å². The van der Waals surface area contributed by atoms with E-state index in [0.29, 0.717) is 12.1 Å². The molecule has 1 aromatic heterocycles. The van der Waals surface area contributed by atoms with Crippen molar-refractivity contribution in [3.63, 3.8) is 0 Å². The van der Waals surface area contributed by atoms with E-state index in [0.717, 1.165) is 36.2 Å². The molecule has 1 saturated heterocycles. The zero-order valence-electron chi connectivity index (χ0n) is 15.1. The molecule has 2 heterocycles. The van der Waals surface area contributed by atoms with Gasteiger partial charge in [0.05, 0.1) is 5.56 Å².